The summed E-state index contributed by atoms with van der Waals surface area (Å²) < 4.78 is 14.7. The molecule has 0 fully saturated rings. The average molecular weight is 748 g/mol. The minimum atomic E-state index is -2.90. The number of ether oxygens (including phenoxy) is 1. The third kappa shape index (κ3) is 5.38. The maximum absolute atomic E-state index is 14.2. The van der Waals surface area contributed by atoms with Crippen molar-refractivity contribution in [2.45, 2.75) is 96.1 Å². The van der Waals surface area contributed by atoms with Gasteiger partial charge >= 0.3 is 5.97 Å². The molecule has 53 heavy (non-hydrogen) atoms. The van der Waals surface area contributed by atoms with Crippen molar-refractivity contribution in [3.8, 4) is 11.4 Å². The highest BCUT2D eigenvalue weighted by Gasteiger charge is 2.52. The number of carbonyl (C=O) groups excluding carboxylic acids is 1. The molecule has 0 saturated heterocycles. The highest BCUT2D eigenvalue weighted by Crippen LogP contribution is 2.49. The summed E-state index contributed by atoms with van der Waals surface area (Å²) in [7, 11) is -2.90. The summed E-state index contributed by atoms with van der Waals surface area (Å²) in [5, 5.41) is 15.4. The molecule has 5 aromatic rings. The van der Waals surface area contributed by atoms with Crippen molar-refractivity contribution in [3.63, 3.8) is 0 Å². The quantitative estimate of drug-likeness (QED) is 0.137. The van der Waals surface area contributed by atoms with E-state index in [1.165, 1.54) is 15.9 Å². The van der Waals surface area contributed by atoms with E-state index in [9.17, 15) is 14.7 Å². The van der Waals surface area contributed by atoms with E-state index in [1.807, 2.05) is 18.2 Å². The number of fused-ring (bicyclic) bond motifs is 5. The van der Waals surface area contributed by atoms with Crippen molar-refractivity contribution in [1.29, 1.82) is 0 Å². The normalized spacial score (nSPS) is 19.8. The van der Waals surface area contributed by atoms with E-state index in [0.717, 1.165) is 40.4 Å². The standard InChI is InChI=1S/C43H46ClN3O5Si/c1-6-43(50)33-20-36-39-31(23-47(36)40(48)32(33)24-51-41(43)49)37-26(17-18-30-25(2)34(44)21-35(46-39)38(30)37)19-27(22-45)52-53(42(3,4)5,28-13-9-7-10-14-28)29-15-11-8-12-16-29/h7-16,20-21,26-27,50H,6,17-19,22-24,45H2,1-5H3/t26-,27+,43+/m1/s1. The minimum Gasteiger partial charge on any atom is -0.458 e. The molecule has 274 valence electrons. The largest absolute Gasteiger partial charge is 0.458 e. The van der Waals surface area contributed by atoms with Gasteiger partial charge in [-0.2, -0.15) is 0 Å². The van der Waals surface area contributed by atoms with Crippen LogP contribution in [-0.2, 0) is 39.1 Å². The monoisotopic (exact) mass is 747 g/mol. The maximum atomic E-state index is 14.2. The molecule has 3 N–H and O–H groups in total. The lowest BCUT2D eigenvalue weighted by molar-refractivity contribution is -0.172. The van der Waals surface area contributed by atoms with Crippen molar-refractivity contribution >= 4 is 47.2 Å². The number of pyridine rings is 2. The van der Waals surface area contributed by atoms with Gasteiger partial charge in [-0.25, -0.2) is 9.78 Å². The Morgan fingerprint density at radius 2 is 1.72 bits per heavy atom. The van der Waals surface area contributed by atoms with E-state index in [1.54, 1.807) is 17.6 Å². The Labute approximate surface area is 316 Å². The van der Waals surface area contributed by atoms with Gasteiger partial charge in [0.25, 0.3) is 13.9 Å². The van der Waals surface area contributed by atoms with Crippen LogP contribution in [0.15, 0.2) is 77.6 Å². The van der Waals surface area contributed by atoms with Crippen LogP contribution in [-0.4, -0.2) is 41.6 Å². The van der Waals surface area contributed by atoms with Crippen molar-refractivity contribution in [2.75, 3.05) is 6.54 Å². The first-order chi connectivity index (χ1) is 25.3. The van der Waals surface area contributed by atoms with Gasteiger partial charge in [-0.15, -0.1) is 0 Å². The molecule has 1 aliphatic carbocycles. The Kier molecular flexibility index (Phi) is 8.82. The molecule has 0 spiro atoms. The SMILES string of the molecule is CC[C@@]1(O)C(=O)OCc2c1cc1n(c2=O)Cc2c-1nc1cc(Cl)c(C)c3c1c2[C@@H](C[C@@H](CN)O[Si](c1ccccc1)(c1ccccc1)C(C)(C)C)CC3. The molecule has 0 bridgehead atoms. The predicted molar refractivity (Wildman–Crippen MR) is 211 cm³/mol. The number of halogens is 1. The Morgan fingerprint density at radius 3 is 2.32 bits per heavy atom. The number of rotatable bonds is 8. The van der Waals surface area contributed by atoms with Crippen molar-refractivity contribution in [2.24, 2.45) is 5.73 Å². The molecule has 0 saturated carbocycles. The van der Waals surface area contributed by atoms with Crippen LogP contribution < -0.4 is 21.7 Å². The van der Waals surface area contributed by atoms with Crippen LogP contribution in [0, 0.1) is 6.92 Å². The molecule has 0 amide bonds. The number of hydrogen-bond acceptors (Lipinski definition) is 7. The molecular weight excluding hydrogens is 702 g/mol. The van der Waals surface area contributed by atoms with E-state index < -0.39 is 19.9 Å². The molecule has 3 aliphatic rings. The molecule has 0 radical (unpaired) electrons. The van der Waals surface area contributed by atoms with Crippen LogP contribution in [0.5, 0.6) is 0 Å². The lowest BCUT2D eigenvalue weighted by Gasteiger charge is -2.45. The van der Waals surface area contributed by atoms with Crippen LogP contribution in [0.4, 0.5) is 0 Å². The van der Waals surface area contributed by atoms with Crippen LogP contribution in [0.25, 0.3) is 22.3 Å². The van der Waals surface area contributed by atoms with Gasteiger partial charge in [-0.05, 0) is 82.8 Å². The van der Waals surface area contributed by atoms with E-state index in [4.69, 9.17) is 31.5 Å². The number of benzene rings is 3. The summed E-state index contributed by atoms with van der Waals surface area (Å²) in [6, 6.07) is 25.0. The molecule has 8 nitrogen and oxygen atoms in total. The summed E-state index contributed by atoms with van der Waals surface area (Å²) in [5.41, 5.74) is 11.6. The fourth-order valence-electron chi connectivity index (χ4n) is 9.34. The second-order valence-electron chi connectivity index (χ2n) is 15.9. The maximum Gasteiger partial charge on any atom is 0.343 e. The molecule has 3 aromatic carbocycles. The Hall–Kier alpha value is -4.12. The van der Waals surface area contributed by atoms with Crippen molar-refractivity contribution in [1.82, 2.24) is 9.55 Å². The number of aryl methyl sites for hydroxylation is 1. The Bertz CT molecular complexity index is 2300. The first-order valence-corrected chi connectivity index (χ1v) is 20.9. The van der Waals surface area contributed by atoms with Gasteiger partial charge in [-0.1, -0.05) is 100.0 Å². The molecule has 10 heteroatoms. The third-order valence-corrected chi connectivity index (χ3v) is 17.6. The number of carbonyl (C=O) groups is 1. The van der Waals surface area contributed by atoms with Crippen molar-refractivity contribution < 1.29 is 19.1 Å². The van der Waals surface area contributed by atoms with E-state index in [2.05, 4.69) is 76.2 Å². The van der Waals surface area contributed by atoms with Crippen LogP contribution in [0.2, 0.25) is 10.1 Å². The summed E-state index contributed by atoms with van der Waals surface area (Å²) >= 11 is 6.85. The predicted octanol–water partition coefficient (Wildman–Crippen LogP) is 6.37. The summed E-state index contributed by atoms with van der Waals surface area (Å²) in [5.74, 6) is -0.677. The number of hydrogen-bond donors (Lipinski definition) is 2. The van der Waals surface area contributed by atoms with Gasteiger partial charge < -0.3 is 24.6 Å². The second kappa shape index (κ2) is 13.0. The number of esters is 1. The summed E-state index contributed by atoms with van der Waals surface area (Å²) in [4.78, 5) is 32.2. The Morgan fingerprint density at radius 1 is 1.06 bits per heavy atom. The smallest absolute Gasteiger partial charge is 0.343 e. The number of aliphatic hydroxyl groups is 1. The zero-order chi connectivity index (χ0) is 37.4. The van der Waals surface area contributed by atoms with Gasteiger partial charge in [0.15, 0.2) is 5.60 Å². The van der Waals surface area contributed by atoms with Crippen molar-refractivity contribution in [3.05, 3.63) is 122 Å². The summed E-state index contributed by atoms with van der Waals surface area (Å²) in [6.07, 6.45) is 2.20. The van der Waals surface area contributed by atoms with Crippen LogP contribution >= 0.6 is 11.6 Å². The molecule has 2 aromatic heterocycles. The van der Waals surface area contributed by atoms with E-state index in [0.29, 0.717) is 47.0 Å². The molecule has 2 aliphatic heterocycles. The number of cyclic esters (lactones) is 1. The molecule has 0 unspecified atom stereocenters. The number of nitrogens with zero attached hydrogens (tertiary/aromatic N) is 2. The first kappa shape index (κ1) is 35.9. The summed E-state index contributed by atoms with van der Waals surface area (Å²) in [6.45, 7) is 11.1. The van der Waals surface area contributed by atoms with Crippen LogP contribution in [0.3, 0.4) is 0 Å². The number of nitrogens with two attached hydrogens (primary N) is 1. The molecule has 3 atom stereocenters. The van der Waals surface area contributed by atoms with Gasteiger partial charge in [0.05, 0.1) is 35.1 Å². The topological polar surface area (TPSA) is 117 Å². The van der Waals surface area contributed by atoms with E-state index >= 15 is 0 Å². The first-order valence-electron chi connectivity index (χ1n) is 18.6. The highest BCUT2D eigenvalue weighted by molar-refractivity contribution is 6.99. The minimum absolute atomic E-state index is 0.0613. The molecular formula is C43H46ClN3O5Si. The third-order valence-electron chi connectivity index (χ3n) is 12.1. The lowest BCUT2D eigenvalue weighted by Crippen LogP contribution is -2.68. The molecule has 4 heterocycles. The Balaban J connectivity index is 1.29. The van der Waals surface area contributed by atoms with E-state index in [-0.39, 0.29) is 35.6 Å². The average Bonchev–Trinajstić information content (AvgIpc) is 3.53. The van der Waals surface area contributed by atoms with Gasteiger partial charge in [-0.3, -0.25) is 4.79 Å². The molecule has 8 rings (SSSR count). The van der Waals surface area contributed by atoms with Crippen LogP contribution in [0.1, 0.15) is 86.3 Å². The zero-order valence-electron chi connectivity index (χ0n) is 31.0. The highest BCUT2D eigenvalue weighted by atomic mass is 35.5. The van der Waals surface area contributed by atoms with Gasteiger partial charge in [0.2, 0.25) is 0 Å². The van der Waals surface area contributed by atoms with Gasteiger partial charge in [0.1, 0.15) is 6.61 Å². The fraction of sp³-hybridized carbons (Fsp3) is 0.372. The lowest BCUT2D eigenvalue weighted by atomic mass is 9.76. The zero-order valence-corrected chi connectivity index (χ0v) is 32.7. The number of aromatic nitrogens is 2. The fourth-order valence-corrected chi connectivity index (χ4v) is 14.3. The second-order valence-corrected chi connectivity index (χ2v) is 20.6. The van der Waals surface area contributed by atoms with Gasteiger partial charge in [0, 0.05) is 28.1 Å².